The van der Waals surface area contributed by atoms with Crippen LogP contribution in [0.4, 0.5) is 0 Å². The van der Waals surface area contributed by atoms with Crippen LogP contribution in [0.15, 0.2) is 0 Å². The van der Waals surface area contributed by atoms with Gasteiger partial charge in [0.25, 0.3) is 0 Å². The summed E-state index contributed by atoms with van der Waals surface area (Å²) < 4.78 is 32.0. The van der Waals surface area contributed by atoms with Crippen LogP contribution >= 0.6 is 7.82 Å². The van der Waals surface area contributed by atoms with Crippen LogP contribution in [0, 0.1) is 0 Å². The molecule has 39 heavy (non-hydrogen) atoms. The Kier molecular flexibility index (Phi) is 25.2. The van der Waals surface area contributed by atoms with E-state index in [0.717, 1.165) is 44.9 Å². The van der Waals surface area contributed by atoms with Crippen molar-refractivity contribution in [3.63, 3.8) is 0 Å². The second-order valence-corrected chi connectivity index (χ2v) is 11.6. The first-order valence-electron chi connectivity index (χ1n) is 15.0. The number of unbranched alkanes of at least 4 members (excludes halogenated alkanes) is 14. The van der Waals surface area contributed by atoms with Gasteiger partial charge in [0.1, 0.15) is 12.2 Å². The first kappa shape index (κ1) is 38.0. The van der Waals surface area contributed by atoms with Crippen molar-refractivity contribution in [3.8, 4) is 0 Å². The number of phosphoric acid groups is 1. The minimum absolute atomic E-state index is 0.193. The van der Waals surface area contributed by atoms with Crippen LogP contribution in [0.2, 0.25) is 0 Å². The third-order valence-corrected chi connectivity index (χ3v) is 7.27. The lowest BCUT2D eigenvalue weighted by molar-refractivity contribution is -0.153. The monoisotopic (exact) mass is 582 g/mol. The van der Waals surface area contributed by atoms with Gasteiger partial charge in [-0.1, -0.05) is 104 Å². The summed E-state index contributed by atoms with van der Waals surface area (Å²) in [6, 6.07) is 0. The largest absolute Gasteiger partial charge is 0.472 e. The summed E-state index contributed by atoms with van der Waals surface area (Å²) in [6.07, 6.45) is 15.6. The predicted molar refractivity (Wildman–Crippen MR) is 150 cm³/mol. The van der Waals surface area contributed by atoms with Crippen LogP contribution in [0.1, 0.15) is 129 Å². The predicted octanol–water partition coefficient (Wildman–Crippen LogP) is 5.99. The van der Waals surface area contributed by atoms with E-state index >= 15 is 0 Å². The molecule has 0 amide bonds. The number of rotatable bonds is 28. The Morgan fingerprint density at radius 2 is 0.897 bits per heavy atom. The van der Waals surface area contributed by atoms with Gasteiger partial charge in [0.2, 0.25) is 0 Å². The molecule has 0 saturated heterocycles. The number of phosphoric ester groups is 1. The lowest BCUT2D eigenvalue weighted by Crippen LogP contribution is -2.28. The molecule has 11 heteroatoms. The number of aliphatic hydroxyl groups is 2. The van der Waals surface area contributed by atoms with Crippen LogP contribution in [0.5, 0.6) is 0 Å². The first-order chi connectivity index (χ1) is 18.8. The van der Waals surface area contributed by atoms with Gasteiger partial charge < -0.3 is 24.6 Å². The molecule has 3 N–H and O–H groups in total. The molecule has 232 valence electrons. The Hall–Kier alpha value is -1.03. The van der Waals surface area contributed by atoms with Crippen molar-refractivity contribution in [2.45, 2.75) is 142 Å². The molecule has 0 aromatic heterocycles. The third kappa shape index (κ3) is 24.5. The maximum atomic E-state index is 12.2. The van der Waals surface area contributed by atoms with Crippen molar-refractivity contribution in [2.75, 3.05) is 26.4 Å². The molecule has 0 aromatic carbocycles. The molecule has 0 aromatic rings. The Morgan fingerprint density at radius 3 is 1.21 bits per heavy atom. The second kappa shape index (κ2) is 25.9. The molecular formula is C28H55O10P. The summed E-state index contributed by atoms with van der Waals surface area (Å²) >= 11 is 0. The average molecular weight is 583 g/mol. The van der Waals surface area contributed by atoms with E-state index < -0.39 is 58.4 Å². The molecule has 0 rings (SSSR count). The van der Waals surface area contributed by atoms with Gasteiger partial charge in [-0.2, -0.15) is 0 Å². The molecule has 0 spiro atoms. The zero-order valence-electron chi connectivity index (χ0n) is 24.4. The van der Waals surface area contributed by atoms with E-state index in [4.69, 9.17) is 18.5 Å². The summed E-state index contributed by atoms with van der Waals surface area (Å²) in [6.45, 7) is 2.07. The molecule has 0 saturated carbocycles. The molecule has 0 radical (unpaired) electrons. The highest BCUT2D eigenvalue weighted by Gasteiger charge is 2.27. The van der Waals surface area contributed by atoms with E-state index in [2.05, 4.69) is 13.8 Å². The second-order valence-electron chi connectivity index (χ2n) is 10.1. The normalized spacial score (nSPS) is 14.5. The van der Waals surface area contributed by atoms with Crippen LogP contribution in [-0.4, -0.2) is 65.7 Å². The number of carbonyl (C=O) groups excluding carboxylic acids is 2. The van der Waals surface area contributed by atoms with E-state index in [1.54, 1.807) is 0 Å². The minimum atomic E-state index is -4.60. The fourth-order valence-electron chi connectivity index (χ4n) is 3.94. The Balaban J connectivity index is 4.09. The number of hydrogen-bond donors (Lipinski definition) is 3. The van der Waals surface area contributed by atoms with E-state index in [1.165, 1.54) is 44.9 Å². The van der Waals surface area contributed by atoms with Gasteiger partial charge in [0.05, 0.1) is 26.4 Å². The third-order valence-electron chi connectivity index (χ3n) is 6.32. The maximum absolute atomic E-state index is 12.2. The molecule has 10 nitrogen and oxygen atoms in total. The van der Waals surface area contributed by atoms with Crippen molar-refractivity contribution >= 4 is 19.8 Å². The summed E-state index contributed by atoms with van der Waals surface area (Å²) in [5.41, 5.74) is 0. The lowest BCUT2D eigenvalue weighted by atomic mass is 10.1. The van der Waals surface area contributed by atoms with Crippen molar-refractivity contribution in [3.05, 3.63) is 0 Å². The molecular weight excluding hydrogens is 527 g/mol. The highest BCUT2D eigenvalue weighted by molar-refractivity contribution is 7.47. The van der Waals surface area contributed by atoms with E-state index in [-0.39, 0.29) is 12.8 Å². The van der Waals surface area contributed by atoms with Crippen molar-refractivity contribution in [2.24, 2.45) is 0 Å². The van der Waals surface area contributed by atoms with Gasteiger partial charge in [0, 0.05) is 12.8 Å². The number of aliphatic hydroxyl groups excluding tert-OH is 2. The zero-order chi connectivity index (χ0) is 29.2. The van der Waals surface area contributed by atoms with E-state index in [9.17, 15) is 29.3 Å². The van der Waals surface area contributed by atoms with Gasteiger partial charge in [0.15, 0.2) is 0 Å². The van der Waals surface area contributed by atoms with Gasteiger partial charge in [-0.05, 0) is 12.8 Å². The maximum Gasteiger partial charge on any atom is 0.472 e. The van der Waals surface area contributed by atoms with Crippen molar-refractivity contribution < 1.29 is 47.8 Å². The highest BCUT2D eigenvalue weighted by atomic mass is 31.2. The quantitative estimate of drug-likeness (QED) is 0.0570. The molecule has 3 atom stereocenters. The average Bonchev–Trinajstić information content (AvgIpc) is 2.91. The number of ether oxygens (including phenoxy) is 2. The summed E-state index contributed by atoms with van der Waals surface area (Å²) in [5.74, 6) is -1.03. The van der Waals surface area contributed by atoms with Gasteiger partial charge in [-0.15, -0.1) is 0 Å². The van der Waals surface area contributed by atoms with Gasteiger partial charge in [-0.3, -0.25) is 18.6 Å². The molecule has 0 fully saturated rings. The van der Waals surface area contributed by atoms with Crippen LogP contribution in [-0.2, 0) is 32.7 Å². The molecule has 0 aliphatic rings. The van der Waals surface area contributed by atoms with Crippen LogP contribution in [0.25, 0.3) is 0 Å². The minimum Gasteiger partial charge on any atom is -0.457 e. The smallest absolute Gasteiger partial charge is 0.457 e. The summed E-state index contributed by atoms with van der Waals surface area (Å²) in [7, 11) is -4.60. The summed E-state index contributed by atoms with van der Waals surface area (Å²) in [5, 5.41) is 18.9. The Morgan fingerprint density at radius 1 is 0.590 bits per heavy atom. The number of esters is 2. The molecule has 0 aliphatic heterocycles. The molecule has 0 bridgehead atoms. The first-order valence-corrected chi connectivity index (χ1v) is 16.5. The van der Waals surface area contributed by atoms with E-state index in [1.807, 2.05) is 0 Å². The Labute approximate surface area is 235 Å². The zero-order valence-corrected chi connectivity index (χ0v) is 25.3. The Bertz CT molecular complexity index is 646. The topological polar surface area (TPSA) is 149 Å². The lowest BCUT2D eigenvalue weighted by Gasteiger charge is -2.20. The summed E-state index contributed by atoms with van der Waals surface area (Å²) in [4.78, 5) is 33.9. The molecule has 3 unspecified atom stereocenters. The van der Waals surface area contributed by atoms with E-state index in [0.29, 0.717) is 12.8 Å². The number of carbonyl (C=O) groups is 2. The standard InChI is InChI=1S/C28H55O10P/c1-3-5-7-9-11-12-13-14-16-18-20-28(32)38-26(22-30)24-36-39(33,34)35-23-25(21-29)37-27(31)19-17-15-10-8-6-4-2/h25-26,29-30H,3-24H2,1-2H3,(H,33,34). The molecule has 0 aliphatic carbocycles. The van der Waals surface area contributed by atoms with Crippen molar-refractivity contribution in [1.29, 1.82) is 0 Å². The van der Waals surface area contributed by atoms with Crippen LogP contribution < -0.4 is 0 Å². The van der Waals surface area contributed by atoms with Gasteiger partial charge >= 0.3 is 19.8 Å². The van der Waals surface area contributed by atoms with Crippen molar-refractivity contribution in [1.82, 2.24) is 0 Å². The fraction of sp³-hybridized carbons (Fsp3) is 0.929. The SMILES string of the molecule is CCCCCCCCCCCCC(=O)OC(CO)COP(=O)(O)OCC(CO)OC(=O)CCCCCCCC. The fourth-order valence-corrected chi connectivity index (χ4v) is 4.72. The molecule has 0 heterocycles. The number of hydrogen-bond acceptors (Lipinski definition) is 9. The van der Waals surface area contributed by atoms with Gasteiger partial charge in [-0.25, -0.2) is 4.57 Å². The van der Waals surface area contributed by atoms with Crippen LogP contribution in [0.3, 0.4) is 0 Å². The highest BCUT2D eigenvalue weighted by Crippen LogP contribution is 2.43.